The zero-order chi connectivity index (χ0) is 12.7. The van der Waals surface area contributed by atoms with E-state index in [-0.39, 0.29) is 0 Å². The predicted octanol–water partition coefficient (Wildman–Crippen LogP) is 3.42. The molecule has 0 radical (unpaired) electrons. The fourth-order valence-corrected chi connectivity index (χ4v) is 2.80. The molecule has 2 heteroatoms. The normalized spacial score (nSPS) is 24.2. The average molecular weight is 240 g/mol. The smallest absolute Gasteiger partial charge is 0.0198 e. The lowest BCUT2D eigenvalue weighted by atomic mass is 10.0. The molecule has 2 atom stereocenters. The van der Waals surface area contributed by atoms with Crippen LogP contribution in [0, 0.1) is 0 Å². The van der Waals surface area contributed by atoms with Crippen molar-refractivity contribution in [3.63, 3.8) is 0 Å². The first-order valence-corrected chi connectivity index (χ1v) is 7.67. The Kier molecular flexibility index (Phi) is 7.14. The molecule has 0 aromatic heterocycles. The standard InChI is InChI=1S/C15H32N2/c1-5-7-9-14(6-2)16-15-10-8-11-17(12-15)13(3)4/h13-16H,5-12H2,1-4H3. The van der Waals surface area contributed by atoms with Crippen molar-refractivity contribution < 1.29 is 0 Å². The van der Waals surface area contributed by atoms with Gasteiger partial charge in [-0.2, -0.15) is 0 Å². The van der Waals surface area contributed by atoms with Gasteiger partial charge in [-0.1, -0.05) is 26.7 Å². The summed E-state index contributed by atoms with van der Waals surface area (Å²) in [6.07, 6.45) is 8.04. The molecule has 0 aromatic rings. The van der Waals surface area contributed by atoms with Crippen LogP contribution in [0.25, 0.3) is 0 Å². The van der Waals surface area contributed by atoms with Gasteiger partial charge in [-0.3, -0.25) is 4.90 Å². The molecule has 1 fully saturated rings. The number of rotatable bonds is 7. The molecule has 1 saturated heterocycles. The molecular formula is C15H32N2. The molecule has 0 amide bonds. The molecule has 17 heavy (non-hydrogen) atoms. The summed E-state index contributed by atoms with van der Waals surface area (Å²) >= 11 is 0. The van der Waals surface area contributed by atoms with E-state index in [9.17, 15) is 0 Å². The van der Waals surface area contributed by atoms with Crippen molar-refractivity contribution in [3.8, 4) is 0 Å². The summed E-state index contributed by atoms with van der Waals surface area (Å²) in [4.78, 5) is 2.62. The third-order valence-corrected chi connectivity index (χ3v) is 4.05. The molecule has 0 aromatic carbocycles. The Hall–Kier alpha value is -0.0800. The van der Waals surface area contributed by atoms with Crippen molar-refractivity contribution in [3.05, 3.63) is 0 Å². The average Bonchev–Trinajstić information content (AvgIpc) is 2.34. The maximum absolute atomic E-state index is 3.88. The third-order valence-electron chi connectivity index (χ3n) is 4.05. The van der Waals surface area contributed by atoms with E-state index in [1.165, 1.54) is 51.6 Å². The second kappa shape index (κ2) is 8.10. The molecule has 1 N–H and O–H groups in total. The molecule has 102 valence electrons. The summed E-state index contributed by atoms with van der Waals surface area (Å²) < 4.78 is 0. The van der Waals surface area contributed by atoms with Gasteiger partial charge in [0.25, 0.3) is 0 Å². The van der Waals surface area contributed by atoms with Crippen molar-refractivity contribution in [2.45, 2.75) is 84.3 Å². The maximum Gasteiger partial charge on any atom is 0.0198 e. The fourth-order valence-electron chi connectivity index (χ4n) is 2.80. The van der Waals surface area contributed by atoms with E-state index >= 15 is 0 Å². The maximum atomic E-state index is 3.88. The minimum absolute atomic E-state index is 0.704. The van der Waals surface area contributed by atoms with Crippen LogP contribution in [0.1, 0.15) is 66.2 Å². The summed E-state index contributed by atoms with van der Waals surface area (Å²) in [5.74, 6) is 0. The zero-order valence-electron chi connectivity index (χ0n) is 12.3. The van der Waals surface area contributed by atoms with E-state index < -0.39 is 0 Å². The van der Waals surface area contributed by atoms with Gasteiger partial charge in [-0.15, -0.1) is 0 Å². The Morgan fingerprint density at radius 3 is 2.65 bits per heavy atom. The monoisotopic (exact) mass is 240 g/mol. The first-order chi connectivity index (χ1) is 8.17. The predicted molar refractivity (Wildman–Crippen MR) is 76.5 cm³/mol. The molecule has 2 unspecified atom stereocenters. The Labute approximate surface area is 108 Å². The molecular weight excluding hydrogens is 208 g/mol. The van der Waals surface area contributed by atoms with Crippen molar-refractivity contribution in [1.82, 2.24) is 10.2 Å². The van der Waals surface area contributed by atoms with Crippen LogP contribution in [-0.2, 0) is 0 Å². The van der Waals surface area contributed by atoms with Gasteiger partial charge in [0.15, 0.2) is 0 Å². The van der Waals surface area contributed by atoms with Crippen LogP contribution in [0.4, 0.5) is 0 Å². The van der Waals surface area contributed by atoms with Crippen LogP contribution >= 0.6 is 0 Å². The van der Waals surface area contributed by atoms with Crippen molar-refractivity contribution in [1.29, 1.82) is 0 Å². The van der Waals surface area contributed by atoms with E-state index in [4.69, 9.17) is 0 Å². The summed E-state index contributed by atoms with van der Waals surface area (Å²) in [6, 6.07) is 2.18. The number of hydrogen-bond acceptors (Lipinski definition) is 2. The first-order valence-electron chi connectivity index (χ1n) is 7.67. The van der Waals surface area contributed by atoms with E-state index in [2.05, 4.69) is 37.9 Å². The van der Waals surface area contributed by atoms with Gasteiger partial charge < -0.3 is 5.32 Å². The topological polar surface area (TPSA) is 15.3 Å². The van der Waals surface area contributed by atoms with Crippen molar-refractivity contribution >= 4 is 0 Å². The summed E-state index contributed by atoms with van der Waals surface area (Å²) in [5.41, 5.74) is 0. The molecule has 0 bridgehead atoms. The number of nitrogens with one attached hydrogen (secondary N) is 1. The lowest BCUT2D eigenvalue weighted by molar-refractivity contribution is 0.147. The van der Waals surface area contributed by atoms with Crippen LogP contribution < -0.4 is 5.32 Å². The Morgan fingerprint density at radius 1 is 1.29 bits per heavy atom. The summed E-state index contributed by atoms with van der Waals surface area (Å²) in [6.45, 7) is 11.8. The Morgan fingerprint density at radius 2 is 2.06 bits per heavy atom. The molecule has 1 aliphatic heterocycles. The SMILES string of the molecule is CCCCC(CC)NC1CCCN(C(C)C)C1. The minimum Gasteiger partial charge on any atom is -0.310 e. The highest BCUT2D eigenvalue weighted by Gasteiger charge is 2.22. The number of likely N-dealkylation sites (tertiary alicyclic amines) is 1. The number of unbranched alkanes of at least 4 members (excludes halogenated alkanes) is 1. The van der Waals surface area contributed by atoms with Crippen LogP contribution in [0.15, 0.2) is 0 Å². The quantitative estimate of drug-likeness (QED) is 0.733. The number of nitrogens with zero attached hydrogens (tertiary/aromatic N) is 1. The van der Waals surface area contributed by atoms with Crippen LogP contribution in [0.2, 0.25) is 0 Å². The van der Waals surface area contributed by atoms with Crippen LogP contribution in [-0.4, -0.2) is 36.1 Å². The van der Waals surface area contributed by atoms with Crippen LogP contribution in [0.5, 0.6) is 0 Å². The largest absolute Gasteiger partial charge is 0.310 e. The number of hydrogen-bond donors (Lipinski definition) is 1. The highest BCUT2D eigenvalue weighted by Crippen LogP contribution is 2.15. The lowest BCUT2D eigenvalue weighted by Crippen LogP contribution is -2.50. The second-order valence-electron chi connectivity index (χ2n) is 5.84. The lowest BCUT2D eigenvalue weighted by Gasteiger charge is -2.37. The second-order valence-corrected chi connectivity index (χ2v) is 5.84. The third kappa shape index (κ3) is 5.39. The Balaban J connectivity index is 2.33. The zero-order valence-corrected chi connectivity index (χ0v) is 12.3. The fraction of sp³-hybridized carbons (Fsp3) is 1.00. The molecule has 0 aliphatic carbocycles. The van der Waals surface area contributed by atoms with Gasteiger partial charge in [0, 0.05) is 24.7 Å². The van der Waals surface area contributed by atoms with Crippen molar-refractivity contribution in [2.75, 3.05) is 13.1 Å². The van der Waals surface area contributed by atoms with Gasteiger partial charge in [-0.05, 0) is 46.1 Å². The molecule has 0 spiro atoms. The highest BCUT2D eigenvalue weighted by atomic mass is 15.2. The van der Waals surface area contributed by atoms with Gasteiger partial charge in [0.1, 0.15) is 0 Å². The van der Waals surface area contributed by atoms with Gasteiger partial charge in [0.05, 0.1) is 0 Å². The molecule has 1 aliphatic rings. The van der Waals surface area contributed by atoms with E-state index in [1.807, 2.05) is 0 Å². The molecule has 0 saturated carbocycles. The van der Waals surface area contributed by atoms with E-state index in [0.717, 1.165) is 12.1 Å². The first kappa shape index (κ1) is 15.0. The highest BCUT2D eigenvalue weighted by molar-refractivity contribution is 4.82. The molecule has 1 heterocycles. The van der Waals surface area contributed by atoms with E-state index in [1.54, 1.807) is 0 Å². The van der Waals surface area contributed by atoms with Crippen LogP contribution in [0.3, 0.4) is 0 Å². The molecule has 2 nitrogen and oxygen atoms in total. The van der Waals surface area contributed by atoms with Gasteiger partial charge in [0.2, 0.25) is 0 Å². The molecule has 1 rings (SSSR count). The summed E-state index contributed by atoms with van der Waals surface area (Å²) in [5, 5.41) is 3.88. The van der Waals surface area contributed by atoms with E-state index in [0.29, 0.717) is 6.04 Å². The Bertz CT molecular complexity index is 191. The number of piperidine rings is 1. The minimum atomic E-state index is 0.704. The van der Waals surface area contributed by atoms with Gasteiger partial charge >= 0.3 is 0 Å². The van der Waals surface area contributed by atoms with Gasteiger partial charge in [-0.25, -0.2) is 0 Å². The van der Waals surface area contributed by atoms with Crippen molar-refractivity contribution in [2.24, 2.45) is 0 Å². The summed E-state index contributed by atoms with van der Waals surface area (Å²) in [7, 11) is 0.